The minimum Gasteiger partial charge on any atom is -0.409 e. The van der Waals surface area contributed by atoms with Gasteiger partial charge in [0.05, 0.1) is 9.35 Å². The molecule has 2 aromatic heterocycles. The fourth-order valence-electron chi connectivity index (χ4n) is 2.24. The Kier molecular flexibility index (Phi) is 4.84. The first kappa shape index (κ1) is 15.8. The second-order valence-electron chi connectivity index (χ2n) is 4.88. The van der Waals surface area contributed by atoms with Crippen LogP contribution in [0.2, 0.25) is 0 Å². The van der Waals surface area contributed by atoms with E-state index in [1.54, 1.807) is 11.3 Å². The number of nitrogens with two attached hydrogens (primary N) is 1. The number of amidine groups is 1. The van der Waals surface area contributed by atoms with E-state index >= 15 is 0 Å². The Morgan fingerprint density at radius 3 is 2.76 bits per heavy atom. The molecule has 0 atom stereocenters. The molecule has 0 aromatic carbocycles. The van der Waals surface area contributed by atoms with Crippen LogP contribution in [0, 0.1) is 13.8 Å². The van der Waals surface area contributed by atoms with Crippen LogP contribution in [0.4, 0.5) is 5.82 Å². The van der Waals surface area contributed by atoms with Gasteiger partial charge in [0.1, 0.15) is 5.82 Å². The molecule has 21 heavy (non-hydrogen) atoms. The van der Waals surface area contributed by atoms with Gasteiger partial charge in [0.25, 0.3) is 0 Å². The molecule has 7 heteroatoms. The molecule has 2 aromatic rings. The predicted molar refractivity (Wildman–Crippen MR) is 90.3 cm³/mol. The minimum atomic E-state index is 0.0772. The van der Waals surface area contributed by atoms with E-state index in [-0.39, 0.29) is 5.84 Å². The van der Waals surface area contributed by atoms with Crippen LogP contribution < -0.4 is 10.6 Å². The number of anilines is 1. The maximum Gasteiger partial charge on any atom is 0.174 e. The fourth-order valence-corrected chi connectivity index (χ4v) is 3.44. The number of halogens is 1. The van der Waals surface area contributed by atoms with Crippen LogP contribution in [0.1, 0.15) is 22.4 Å². The highest BCUT2D eigenvalue weighted by Crippen LogP contribution is 2.26. The second-order valence-corrected chi connectivity index (χ2v) is 7.17. The molecule has 2 rings (SSSR count). The second kappa shape index (κ2) is 6.44. The lowest BCUT2D eigenvalue weighted by Crippen LogP contribution is -2.25. The van der Waals surface area contributed by atoms with Gasteiger partial charge in [-0.25, -0.2) is 4.98 Å². The van der Waals surface area contributed by atoms with Crippen LogP contribution in [0.3, 0.4) is 0 Å². The van der Waals surface area contributed by atoms with Crippen molar-refractivity contribution in [3.05, 3.63) is 43.7 Å². The molecule has 0 saturated heterocycles. The van der Waals surface area contributed by atoms with Gasteiger partial charge in [-0.2, -0.15) is 0 Å². The lowest BCUT2D eigenvalue weighted by Gasteiger charge is -2.22. The summed E-state index contributed by atoms with van der Waals surface area (Å²) in [5, 5.41) is 14.2. The lowest BCUT2D eigenvalue weighted by molar-refractivity contribution is 0.318. The average Bonchev–Trinajstić information content (AvgIpc) is 2.82. The summed E-state index contributed by atoms with van der Waals surface area (Å²) >= 11 is 5.11. The molecule has 3 N–H and O–H groups in total. The van der Waals surface area contributed by atoms with E-state index in [4.69, 9.17) is 10.9 Å². The molecule has 0 radical (unpaired) electrons. The summed E-state index contributed by atoms with van der Waals surface area (Å²) in [5.41, 5.74) is 9.49. The number of rotatable bonds is 4. The normalized spacial score (nSPS) is 11.7. The average molecular weight is 369 g/mol. The number of oxime groups is 1. The first-order chi connectivity index (χ1) is 9.92. The topological polar surface area (TPSA) is 74.7 Å². The van der Waals surface area contributed by atoms with E-state index in [0.29, 0.717) is 17.9 Å². The van der Waals surface area contributed by atoms with Crippen molar-refractivity contribution in [2.75, 3.05) is 11.9 Å². The zero-order chi connectivity index (χ0) is 15.6. The Morgan fingerprint density at radius 1 is 1.48 bits per heavy atom. The van der Waals surface area contributed by atoms with Gasteiger partial charge < -0.3 is 15.8 Å². The van der Waals surface area contributed by atoms with Gasteiger partial charge in [-0.15, -0.1) is 11.3 Å². The lowest BCUT2D eigenvalue weighted by atomic mass is 10.1. The summed E-state index contributed by atoms with van der Waals surface area (Å²) in [5.74, 6) is 0.790. The molecule has 0 bridgehead atoms. The zero-order valence-electron chi connectivity index (χ0n) is 12.1. The van der Waals surface area contributed by atoms with Crippen molar-refractivity contribution in [3.63, 3.8) is 0 Å². The Hall–Kier alpha value is -1.60. The van der Waals surface area contributed by atoms with Gasteiger partial charge in [-0.1, -0.05) is 5.16 Å². The van der Waals surface area contributed by atoms with Gasteiger partial charge in [-0.3, -0.25) is 0 Å². The Labute approximate surface area is 136 Å². The van der Waals surface area contributed by atoms with Crippen LogP contribution in [0.15, 0.2) is 26.5 Å². The van der Waals surface area contributed by atoms with Crippen molar-refractivity contribution >= 4 is 38.9 Å². The van der Waals surface area contributed by atoms with Gasteiger partial charge in [0.15, 0.2) is 5.84 Å². The van der Waals surface area contributed by atoms with E-state index in [9.17, 15) is 0 Å². The molecule has 0 unspecified atom stereocenters. The van der Waals surface area contributed by atoms with Crippen molar-refractivity contribution in [3.8, 4) is 0 Å². The summed E-state index contributed by atoms with van der Waals surface area (Å²) < 4.78 is 1.09. The molecule has 0 spiro atoms. The standard InChI is InChI=1S/C14H17BrN4OS/c1-8-4-9(2)17-14(12(8)13(16)18-20)19(3)6-10-5-11(15)21-7-10/h4-5,7,20H,6H2,1-3H3,(H2,16,18). The number of pyridine rings is 1. The van der Waals surface area contributed by atoms with Gasteiger partial charge >= 0.3 is 0 Å². The number of thiophene rings is 1. The van der Waals surface area contributed by atoms with Crippen LogP contribution in [-0.4, -0.2) is 23.1 Å². The van der Waals surface area contributed by atoms with Crippen molar-refractivity contribution in [2.45, 2.75) is 20.4 Å². The smallest absolute Gasteiger partial charge is 0.174 e. The molecular weight excluding hydrogens is 352 g/mol. The third-order valence-corrected chi connectivity index (χ3v) is 4.65. The molecule has 0 amide bonds. The van der Waals surface area contributed by atoms with E-state index < -0.39 is 0 Å². The van der Waals surface area contributed by atoms with Gasteiger partial charge in [0, 0.05) is 19.3 Å². The SMILES string of the molecule is Cc1cc(C)c(C(N)=NO)c(N(C)Cc2csc(Br)c2)n1. The first-order valence-corrected chi connectivity index (χ1v) is 7.99. The van der Waals surface area contributed by atoms with Crippen molar-refractivity contribution in [1.29, 1.82) is 0 Å². The first-order valence-electron chi connectivity index (χ1n) is 6.32. The summed E-state index contributed by atoms with van der Waals surface area (Å²) in [6.07, 6.45) is 0. The minimum absolute atomic E-state index is 0.0772. The third-order valence-electron chi connectivity index (χ3n) is 3.09. The Balaban J connectivity index is 2.41. The summed E-state index contributed by atoms with van der Waals surface area (Å²) in [4.78, 5) is 6.55. The highest BCUT2D eigenvalue weighted by Gasteiger charge is 2.17. The Morgan fingerprint density at radius 2 is 2.19 bits per heavy atom. The maximum atomic E-state index is 8.99. The third kappa shape index (κ3) is 3.54. The molecule has 112 valence electrons. The predicted octanol–water partition coefficient (Wildman–Crippen LogP) is 3.25. The highest BCUT2D eigenvalue weighted by atomic mass is 79.9. The molecule has 0 aliphatic rings. The van der Waals surface area contributed by atoms with Crippen LogP contribution >= 0.6 is 27.3 Å². The molecule has 0 fully saturated rings. The quantitative estimate of drug-likeness (QED) is 0.376. The van der Waals surface area contributed by atoms with E-state index in [0.717, 1.165) is 15.0 Å². The van der Waals surface area contributed by atoms with Crippen molar-refractivity contribution in [2.24, 2.45) is 10.9 Å². The summed E-state index contributed by atoms with van der Waals surface area (Å²) in [7, 11) is 1.95. The molecule has 2 heterocycles. The molecule has 0 aliphatic heterocycles. The fraction of sp³-hybridized carbons (Fsp3) is 0.286. The van der Waals surface area contributed by atoms with Crippen LogP contribution in [-0.2, 0) is 6.54 Å². The summed E-state index contributed by atoms with van der Waals surface area (Å²) in [6.45, 7) is 4.56. The molecule has 5 nitrogen and oxygen atoms in total. The van der Waals surface area contributed by atoms with Gasteiger partial charge in [-0.05, 0) is 58.4 Å². The molecular formula is C14H17BrN4OS. The largest absolute Gasteiger partial charge is 0.409 e. The van der Waals surface area contributed by atoms with Crippen molar-refractivity contribution in [1.82, 2.24) is 4.98 Å². The van der Waals surface area contributed by atoms with Crippen molar-refractivity contribution < 1.29 is 5.21 Å². The van der Waals surface area contributed by atoms with Crippen LogP contribution in [0.25, 0.3) is 0 Å². The highest BCUT2D eigenvalue weighted by molar-refractivity contribution is 9.11. The van der Waals surface area contributed by atoms with E-state index in [1.165, 1.54) is 5.56 Å². The van der Waals surface area contributed by atoms with Gasteiger partial charge in [0.2, 0.25) is 0 Å². The van der Waals surface area contributed by atoms with E-state index in [2.05, 4.69) is 37.5 Å². The van der Waals surface area contributed by atoms with E-state index in [1.807, 2.05) is 31.9 Å². The summed E-state index contributed by atoms with van der Waals surface area (Å²) in [6, 6.07) is 4.00. The Bertz CT molecular complexity index is 684. The molecule has 0 saturated carbocycles. The number of aryl methyl sites for hydroxylation is 2. The van der Waals surface area contributed by atoms with Crippen LogP contribution in [0.5, 0.6) is 0 Å². The maximum absolute atomic E-state index is 8.99. The molecule has 0 aliphatic carbocycles. The zero-order valence-corrected chi connectivity index (χ0v) is 14.5. The number of hydrogen-bond donors (Lipinski definition) is 2. The number of hydrogen-bond acceptors (Lipinski definition) is 5. The number of aromatic nitrogens is 1. The monoisotopic (exact) mass is 368 g/mol. The number of nitrogens with zero attached hydrogens (tertiary/aromatic N) is 3.